The van der Waals surface area contributed by atoms with Crippen LogP contribution in [-0.4, -0.2) is 50.2 Å². The lowest BCUT2D eigenvalue weighted by molar-refractivity contribution is -0.0175. The summed E-state index contributed by atoms with van der Waals surface area (Å²) < 4.78 is 6.44. The van der Waals surface area contributed by atoms with E-state index in [1.165, 1.54) is 0 Å². The molecular weight excluding hydrogens is 332 g/mol. The summed E-state index contributed by atoms with van der Waals surface area (Å²) in [5.41, 5.74) is 0.481. The van der Waals surface area contributed by atoms with Crippen LogP contribution in [0, 0.1) is 0 Å². The zero-order chi connectivity index (χ0) is 13.8. The number of carbonyl (C=O) groups excluding carboxylic acids is 1. The Kier molecular flexibility index (Phi) is 5.21. The van der Waals surface area contributed by atoms with Crippen molar-refractivity contribution in [2.24, 2.45) is 0 Å². The van der Waals surface area contributed by atoms with Crippen molar-refractivity contribution in [3.63, 3.8) is 0 Å². The average molecular weight is 348 g/mol. The predicted molar refractivity (Wildman–Crippen MR) is 78.7 cm³/mol. The molecule has 1 fully saturated rings. The molecule has 0 bridgehead atoms. The molecule has 0 radical (unpaired) electrons. The Balaban J connectivity index is 1.90. The van der Waals surface area contributed by atoms with Gasteiger partial charge in [-0.1, -0.05) is 27.5 Å². The number of rotatable bonds is 3. The third kappa shape index (κ3) is 4.18. The molecule has 1 amide bonds. The number of nitrogens with one attached hydrogen (secondary N) is 1. The van der Waals surface area contributed by atoms with Crippen molar-refractivity contribution in [3.05, 3.63) is 33.3 Å². The van der Waals surface area contributed by atoms with Crippen LogP contribution in [-0.2, 0) is 4.74 Å². The lowest BCUT2D eigenvalue weighted by Gasteiger charge is -2.30. The van der Waals surface area contributed by atoms with E-state index in [0.717, 1.165) is 17.6 Å². The highest BCUT2D eigenvalue weighted by Crippen LogP contribution is 2.21. The first-order valence-electron chi connectivity index (χ1n) is 6.09. The molecule has 1 aliphatic rings. The summed E-state index contributed by atoms with van der Waals surface area (Å²) in [7, 11) is 2.04. The number of hydrogen-bond donors (Lipinski definition) is 1. The molecule has 2 rings (SSSR count). The molecule has 0 aromatic heterocycles. The Bertz CT molecular complexity index is 470. The number of benzene rings is 1. The number of carbonyl (C=O) groups is 1. The molecule has 1 N–H and O–H groups in total. The van der Waals surface area contributed by atoms with Crippen LogP contribution in [0.25, 0.3) is 0 Å². The Labute approximate surface area is 126 Å². The van der Waals surface area contributed by atoms with E-state index >= 15 is 0 Å². The molecule has 4 nitrogen and oxygen atoms in total. The molecule has 1 aromatic carbocycles. The molecule has 0 unspecified atom stereocenters. The van der Waals surface area contributed by atoms with E-state index in [-0.39, 0.29) is 12.0 Å². The van der Waals surface area contributed by atoms with E-state index in [4.69, 9.17) is 16.3 Å². The summed E-state index contributed by atoms with van der Waals surface area (Å²) >= 11 is 9.35. The second-order valence-corrected chi connectivity index (χ2v) is 5.91. The maximum Gasteiger partial charge on any atom is 0.252 e. The normalized spacial score (nSPS) is 20.3. The quantitative estimate of drug-likeness (QED) is 0.911. The fraction of sp³-hybridized carbons (Fsp3) is 0.462. The fourth-order valence-corrected chi connectivity index (χ4v) is 2.72. The molecular formula is C13H16BrClN2O2. The van der Waals surface area contributed by atoms with Gasteiger partial charge in [0, 0.05) is 24.1 Å². The molecule has 0 saturated carbocycles. The van der Waals surface area contributed by atoms with E-state index < -0.39 is 0 Å². The van der Waals surface area contributed by atoms with E-state index in [2.05, 4.69) is 26.1 Å². The van der Waals surface area contributed by atoms with Crippen molar-refractivity contribution in [1.29, 1.82) is 0 Å². The van der Waals surface area contributed by atoms with Gasteiger partial charge in [-0.25, -0.2) is 0 Å². The Hall–Kier alpha value is -0.620. The summed E-state index contributed by atoms with van der Waals surface area (Å²) in [4.78, 5) is 14.2. The van der Waals surface area contributed by atoms with E-state index in [1.807, 2.05) is 7.05 Å². The first-order chi connectivity index (χ1) is 9.06. The Morgan fingerprint density at radius 2 is 2.42 bits per heavy atom. The van der Waals surface area contributed by atoms with E-state index in [0.29, 0.717) is 23.7 Å². The maximum atomic E-state index is 12.0. The molecule has 1 aliphatic heterocycles. The third-order valence-electron chi connectivity index (χ3n) is 3.01. The van der Waals surface area contributed by atoms with Gasteiger partial charge in [-0.15, -0.1) is 0 Å². The second kappa shape index (κ2) is 6.70. The van der Waals surface area contributed by atoms with Gasteiger partial charge in [-0.3, -0.25) is 4.79 Å². The van der Waals surface area contributed by atoms with Crippen molar-refractivity contribution >= 4 is 33.4 Å². The van der Waals surface area contributed by atoms with Gasteiger partial charge in [0.25, 0.3) is 5.91 Å². The minimum absolute atomic E-state index is 0.0388. The minimum Gasteiger partial charge on any atom is -0.374 e. The number of morpholine rings is 1. The topological polar surface area (TPSA) is 41.6 Å². The number of nitrogens with zero attached hydrogens (tertiary/aromatic N) is 1. The van der Waals surface area contributed by atoms with E-state index in [1.54, 1.807) is 18.2 Å². The van der Waals surface area contributed by atoms with Gasteiger partial charge < -0.3 is 15.0 Å². The lowest BCUT2D eigenvalue weighted by Crippen LogP contribution is -2.45. The molecule has 1 atom stereocenters. The van der Waals surface area contributed by atoms with Gasteiger partial charge in [-0.2, -0.15) is 0 Å². The first kappa shape index (κ1) is 14.8. The number of ether oxygens (including phenoxy) is 1. The van der Waals surface area contributed by atoms with Crippen molar-refractivity contribution in [2.45, 2.75) is 6.10 Å². The van der Waals surface area contributed by atoms with Gasteiger partial charge >= 0.3 is 0 Å². The predicted octanol–water partition coefficient (Wildman–Crippen LogP) is 2.16. The number of likely N-dealkylation sites (N-methyl/N-ethyl adjacent to an activating group) is 1. The first-order valence-corrected chi connectivity index (χ1v) is 7.27. The molecule has 6 heteroatoms. The smallest absolute Gasteiger partial charge is 0.252 e. The summed E-state index contributed by atoms with van der Waals surface area (Å²) in [5, 5.41) is 3.30. The molecule has 1 aromatic rings. The largest absolute Gasteiger partial charge is 0.374 e. The van der Waals surface area contributed by atoms with Gasteiger partial charge in [0.05, 0.1) is 23.3 Å². The highest BCUT2D eigenvalue weighted by atomic mass is 79.9. The van der Waals surface area contributed by atoms with Crippen LogP contribution >= 0.6 is 27.5 Å². The Morgan fingerprint density at radius 1 is 1.63 bits per heavy atom. The van der Waals surface area contributed by atoms with Gasteiger partial charge in [0.1, 0.15) is 0 Å². The molecule has 104 valence electrons. The van der Waals surface area contributed by atoms with Crippen molar-refractivity contribution in [1.82, 2.24) is 10.2 Å². The van der Waals surface area contributed by atoms with Crippen LogP contribution in [0.3, 0.4) is 0 Å². The summed E-state index contributed by atoms with van der Waals surface area (Å²) in [6.45, 7) is 2.96. The van der Waals surface area contributed by atoms with Crippen LogP contribution in [0.15, 0.2) is 22.7 Å². The third-order valence-corrected chi connectivity index (χ3v) is 3.81. The van der Waals surface area contributed by atoms with Gasteiger partial charge in [-0.05, 0) is 25.2 Å². The molecule has 0 aliphatic carbocycles. The average Bonchev–Trinajstić information content (AvgIpc) is 2.36. The lowest BCUT2D eigenvalue weighted by atomic mass is 10.2. The summed E-state index contributed by atoms with van der Waals surface area (Å²) in [5.74, 6) is -0.172. The van der Waals surface area contributed by atoms with Crippen LogP contribution < -0.4 is 5.32 Å². The highest BCUT2D eigenvalue weighted by Gasteiger charge is 2.19. The van der Waals surface area contributed by atoms with Crippen LogP contribution in [0.2, 0.25) is 5.02 Å². The maximum absolute atomic E-state index is 12.0. The van der Waals surface area contributed by atoms with Crippen molar-refractivity contribution < 1.29 is 9.53 Å². The van der Waals surface area contributed by atoms with Crippen LogP contribution in [0.1, 0.15) is 10.4 Å². The SMILES string of the molecule is CN1CCO[C@@H](CNC(=O)c2ccc(Br)cc2Cl)C1. The number of halogens is 2. The molecule has 1 saturated heterocycles. The van der Waals surface area contributed by atoms with Crippen molar-refractivity contribution in [2.75, 3.05) is 33.3 Å². The standard InChI is InChI=1S/C13H16BrClN2O2/c1-17-4-5-19-10(8-17)7-16-13(18)11-3-2-9(14)6-12(11)15/h2-3,6,10H,4-5,7-8H2,1H3,(H,16,18)/t10-/m0/s1. The zero-order valence-corrected chi connectivity index (χ0v) is 13.0. The van der Waals surface area contributed by atoms with Gasteiger partial charge in [0.2, 0.25) is 0 Å². The minimum atomic E-state index is -0.172. The Morgan fingerprint density at radius 3 is 3.11 bits per heavy atom. The monoisotopic (exact) mass is 346 g/mol. The highest BCUT2D eigenvalue weighted by molar-refractivity contribution is 9.10. The fourth-order valence-electron chi connectivity index (χ4n) is 1.97. The number of hydrogen-bond acceptors (Lipinski definition) is 3. The molecule has 0 spiro atoms. The van der Waals surface area contributed by atoms with Crippen molar-refractivity contribution in [3.8, 4) is 0 Å². The van der Waals surface area contributed by atoms with E-state index in [9.17, 15) is 4.79 Å². The molecule has 1 heterocycles. The van der Waals surface area contributed by atoms with Crippen LogP contribution in [0.5, 0.6) is 0 Å². The van der Waals surface area contributed by atoms with Crippen LogP contribution in [0.4, 0.5) is 0 Å². The summed E-state index contributed by atoms with van der Waals surface area (Å²) in [6, 6.07) is 5.21. The van der Waals surface area contributed by atoms with Gasteiger partial charge in [0.15, 0.2) is 0 Å². The zero-order valence-electron chi connectivity index (χ0n) is 10.7. The second-order valence-electron chi connectivity index (χ2n) is 4.59. The summed E-state index contributed by atoms with van der Waals surface area (Å²) in [6.07, 6.45) is 0.0388. The number of amides is 1. The molecule has 19 heavy (non-hydrogen) atoms.